The van der Waals surface area contributed by atoms with E-state index in [-0.39, 0.29) is 5.92 Å². The fourth-order valence-corrected chi connectivity index (χ4v) is 1.80. The Bertz CT molecular complexity index is 341. The van der Waals surface area contributed by atoms with Crippen LogP contribution >= 0.6 is 0 Å². The van der Waals surface area contributed by atoms with E-state index in [1.54, 1.807) is 13.8 Å². The van der Waals surface area contributed by atoms with Crippen LogP contribution in [0.1, 0.15) is 13.8 Å². The maximum atomic E-state index is 11.1. The van der Waals surface area contributed by atoms with Crippen molar-refractivity contribution in [2.75, 3.05) is 5.75 Å². The molecule has 0 aromatic carbocycles. The molecule has 0 aliphatic rings. The SMILES string of the molecule is CC(C)[C@H](NS(=O)(=O)CC#N)C(=O)O. The van der Waals surface area contributed by atoms with Crippen molar-refractivity contribution in [2.24, 2.45) is 5.92 Å². The molecule has 0 bridgehead atoms. The van der Waals surface area contributed by atoms with Crippen molar-refractivity contribution < 1.29 is 18.3 Å². The number of hydrogen-bond acceptors (Lipinski definition) is 4. The molecule has 14 heavy (non-hydrogen) atoms. The second-order valence-corrected chi connectivity index (χ2v) is 4.85. The normalized spacial score (nSPS) is 13.6. The Morgan fingerprint density at radius 1 is 1.57 bits per heavy atom. The van der Waals surface area contributed by atoms with Gasteiger partial charge in [0.1, 0.15) is 6.04 Å². The van der Waals surface area contributed by atoms with Crippen molar-refractivity contribution in [3.05, 3.63) is 0 Å². The Kier molecular flexibility index (Phi) is 4.53. The van der Waals surface area contributed by atoms with Crippen molar-refractivity contribution in [3.8, 4) is 6.07 Å². The van der Waals surface area contributed by atoms with Gasteiger partial charge >= 0.3 is 5.97 Å². The van der Waals surface area contributed by atoms with Crippen LogP contribution < -0.4 is 4.72 Å². The molecule has 0 saturated carbocycles. The van der Waals surface area contributed by atoms with E-state index in [1.807, 2.05) is 4.72 Å². The van der Waals surface area contributed by atoms with Crippen LogP contribution in [0.5, 0.6) is 0 Å². The average Bonchev–Trinajstić information content (AvgIpc) is 1.99. The lowest BCUT2D eigenvalue weighted by atomic mass is 10.1. The van der Waals surface area contributed by atoms with Crippen LogP contribution in [0.15, 0.2) is 0 Å². The zero-order chi connectivity index (χ0) is 11.4. The molecule has 0 spiro atoms. The van der Waals surface area contributed by atoms with Gasteiger partial charge in [0.2, 0.25) is 10.0 Å². The van der Waals surface area contributed by atoms with E-state index >= 15 is 0 Å². The third kappa shape index (κ3) is 4.20. The van der Waals surface area contributed by atoms with E-state index in [1.165, 1.54) is 6.07 Å². The van der Waals surface area contributed by atoms with Crippen LogP contribution in [-0.4, -0.2) is 31.3 Å². The van der Waals surface area contributed by atoms with Gasteiger partial charge in [-0.3, -0.25) is 4.79 Å². The molecule has 2 N–H and O–H groups in total. The molecular formula is C7H12N2O4S. The maximum absolute atomic E-state index is 11.1. The van der Waals surface area contributed by atoms with Crippen LogP contribution in [0.3, 0.4) is 0 Å². The summed E-state index contributed by atoms with van der Waals surface area (Å²) >= 11 is 0. The summed E-state index contributed by atoms with van der Waals surface area (Å²) in [5, 5.41) is 16.8. The molecule has 1 atom stereocenters. The topological polar surface area (TPSA) is 107 Å². The summed E-state index contributed by atoms with van der Waals surface area (Å²) in [4.78, 5) is 10.6. The predicted octanol–water partition coefficient (Wildman–Crippen LogP) is -0.461. The molecule has 0 fully saturated rings. The summed E-state index contributed by atoms with van der Waals surface area (Å²) in [6.45, 7) is 3.15. The van der Waals surface area contributed by atoms with Gasteiger partial charge in [-0.2, -0.15) is 9.98 Å². The highest BCUT2D eigenvalue weighted by molar-refractivity contribution is 7.89. The summed E-state index contributed by atoms with van der Waals surface area (Å²) in [6, 6.07) is 0.261. The number of hydrogen-bond donors (Lipinski definition) is 2. The van der Waals surface area contributed by atoms with Crippen molar-refractivity contribution >= 4 is 16.0 Å². The van der Waals surface area contributed by atoms with Gasteiger partial charge in [0.25, 0.3) is 0 Å². The minimum absolute atomic E-state index is 0.374. The number of aliphatic carboxylic acids is 1. The summed E-state index contributed by atoms with van der Waals surface area (Å²) in [6.07, 6.45) is 0. The van der Waals surface area contributed by atoms with Gasteiger partial charge in [0.05, 0.1) is 6.07 Å². The molecule has 0 aliphatic carbocycles. The minimum Gasteiger partial charge on any atom is -0.480 e. The number of carbonyl (C=O) groups is 1. The van der Waals surface area contributed by atoms with Gasteiger partial charge in [0.15, 0.2) is 5.75 Å². The molecule has 7 heteroatoms. The van der Waals surface area contributed by atoms with Gasteiger partial charge < -0.3 is 5.11 Å². The number of rotatable bonds is 5. The Labute approximate surface area is 82.6 Å². The molecule has 0 aromatic heterocycles. The second kappa shape index (κ2) is 4.93. The lowest BCUT2D eigenvalue weighted by molar-refractivity contribution is -0.140. The number of nitriles is 1. The van der Waals surface area contributed by atoms with Gasteiger partial charge in [0, 0.05) is 0 Å². The van der Waals surface area contributed by atoms with Gasteiger partial charge in [-0.1, -0.05) is 13.8 Å². The molecule has 0 amide bonds. The van der Waals surface area contributed by atoms with Gasteiger partial charge in [-0.15, -0.1) is 0 Å². The Morgan fingerprint density at radius 2 is 2.07 bits per heavy atom. The van der Waals surface area contributed by atoms with E-state index in [4.69, 9.17) is 10.4 Å². The molecular weight excluding hydrogens is 208 g/mol. The van der Waals surface area contributed by atoms with Crippen LogP contribution in [0.4, 0.5) is 0 Å². The highest BCUT2D eigenvalue weighted by Gasteiger charge is 2.26. The largest absolute Gasteiger partial charge is 0.480 e. The number of carboxylic acid groups (broad SMARTS) is 1. The highest BCUT2D eigenvalue weighted by atomic mass is 32.2. The number of nitrogens with one attached hydrogen (secondary N) is 1. The summed E-state index contributed by atoms with van der Waals surface area (Å²) in [5.41, 5.74) is 0. The van der Waals surface area contributed by atoms with Crippen molar-refractivity contribution in [3.63, 3.8) is 0 Å². The van der Waals surface area contributed by atoms with E-state index in [0.29, 0.717) is 0 Å². The number of carboxylic acids is 1. The first kappa shape index (κ1) is 12.9. The highest BCUT2D eigenvalue weighted by Crippen LogP contribution is 2.03. The standard InChI is InChI=1S/C7H12N2O4S/c1-5(2)6(7(10)11)9-14(12,13)4-3-8/h5-6,9H,4H2,1-2H3,(H,10,11)/t6-/m0/s1. The van der Waals surface area contributed by atoms with Gasteiger partial charge in [-0.25, -0.2) is 8.42 Å². The first-order valence-electron chi connectivity index (χ1n) is 3.90. The molecule has 0 saturated heterocycles. The molecule has 80 valence electrons. The Morgan fingerprint density at radius 3 is 2.36 bits per heavy atom. The molecule has 0 rings (SSSR count). The van der Waals surface area contributed by atoms with E-state index in [2.05, 4.69) is 0 Å². The van der Waals surface area contributed by atoms with E-state index in [0.717, 1.165) is 0 Å². The fourth-order valence-electron chi connectivity index (χ4n) is 0.792. The first-order chi connectivity index (χ1) is 6.30. The quantitative estimate of drug-likeness (QED) is 0.651. The van der Waals surface area contributed by atoms with E-state index < -0.39 is 27.8 Å². The third-order valence-electron chi connectivity index (χ3n) is 1.49. The summed E-state index contributed by atoms with van der Waals surface area (Å²) < 4.78 is 24.0. The lowest BCUT2D eigenvalue weighted by Gasteiger charge is -2.16. The van der Waals surface area contributed by atoms with Crippen molar-refractivity contribution in [2.45, 2.75) is 19.9 Å². The summed E-state index contributed by atoms with van der Waals surface area (Å²) in [7, 11) is -3.81. The fraction of sp³-hybridized carbons (Fsp3) is 0.714. The summed E-state index contributed by atoms with van der Waals surface area (Å²) in [5.74, 6) is -2.36. The second-order valence-electron chi connectivity index (χ2n) is 3.09. The lowest BCUT2D eigenvalue weighted by Crippen LogP contribution is -2.44. The molecule has 0 aliphatic heterocycles. The first-order valence-corrected chi connectivity index (χ1v) is 5.55. The zero-order valence-electron chi connectivity index (χ0n) is 7.89. The maximum Gasteiger partial charge on any atom is 0.321 e. The predicted molar refractivity (Wildman–Crippen MR) is 48.8 cm³/mol. The third-order valence-corrected chi connectivity index (χ3v) is 2.62. The van der Waals surface area contributed by atoms with Crippen LogP contribution in [-0.2, 0) is 14.8 Å². The molecule has 0 heterocycles. The number of sulfonamides is 1. The Balaban J connectivity index is 4.63. The smallest absolute Gasteiger partial charge is 0.321 e. The van der Waals surface area contributed by atoms with Crippen LogP contribution in [0.25, 0.3) is 0 Å². The molecule has 6 nitrogen and oxygen atoms in total. The van der Waals surface area contributed by atoms with E-state index in [9.17, 15) is 13.2 Å². The van der Waals surface area contributed by atoms with Crippen molar-refractivity contribution in [1.82, 2.24) is 4.72 Å². The zero-order valence-corrected chi connectivity index (χ0v) is 8.71. The van der Waals surface area contributed by atoms with Crippen LogP contribution in [0, 0.1) is 17.2 Å². The van der Waals surface area contributed by atoms with Crippen molar-refractivity contribution in [1.29, 1.82) is 5.26 Å². The minimum atomic E-state index is -3.81. The van der Waals surface area contributed by atoms with Gasteiger partial charge in [-0.05, 0) is 5.92 Å². The average molecular weight is 220 g/mol. The number of nitrogens with zero attached hydrogens (tertiary/aromatic N) is 1. The molecule has 0 unspecified atom stereocenters. The monoisotopic (exact) mass is 220 g/mol. The molecule has 0 aromatic rings. The van der Waals surface area contributed by atoms with Crippen LogP contribution in [0.2, 0.25) is 0 Å². The molecule has 0 radical (unpaired) electrons. The Hall–Kier alpha value is -1.13.